The standard InChI is InChI=1S/C15H12BrClF2O/c16-9-11-8-13(17)6-7-14(11)20-10-15(18,19)12-4-2-1-3-5-12/h1-8H,9-10H2. The first kappa shape index (κ1) is 15.3. The highest BCUT2D eigenvalue weighted by Crippen LogP contribution is 2.31. The molecule has 0 saturated heterocycles. The Balaban J connectivity index is 2.12. The number of alkyl halides is 3. The summed E-state index contributed by atoms with van der Waals surface area (Å²) in [6, 6.07) is 12.5. The smallest absolute Gasteiger partial charge is 0.306 e. The van der Waals surface area contributed by atoms with Crippen molar-refractivity contribution in [2.45, 2.75) is 11.3 Å². The largest absolute Gasteiger partial charge is 0.487 e. The first-order valence-electron chi connectivity index (χ1n) is 5.93. The topological polar surface area (TPSA) is 9.23 Å². The van der Waals surface area contributed by atoms with E-state index in [1.54, 1.807) is 36.4 Å². The molecule has 0 saturated carbocycles. The van der Waals surface area contributed by atoms with Gasteiger partial charge in [0.25, 0.3) is 0 Å². The molecule has 106 valence electrons. The minimum Gasteiger partial charge on any atom is -0.487 e. The third kappa shape index (κ3) is 3.70. The second-order valence-corrected chi connectivity index (χ2v) is 5.24. The van der Waals surface area contributed by atoms with Crippen molar-refractivity contribution in [1.29, 1.82) is 0 Å². The summed E-state index contributed by atoms with van der Waals surface area (Å²) in [6.45, 7) is -0.710. The molecule has 0 aliphatic carbocycles. The van der Waals surface area contributed by atoms with Crippen molar-refractivity contribution in [3.8, 4) is 5.75 Å². The van der Waals surface area contributed by atoms with Crippen molar-refractivity contribution in [3.05, 3.63) is 64.7 Å². The lowest BCUT2D eigenvalue weighted by Crippen LogP contribution is -2.23. The van der Waals surface area contributed by atoms with Crippen molar-refractivity contribution < 1.29 is 13.5 Å². The van der Waals surface area contributed by atoms with Gasteiger partial charge in [-0.05, 0) is 18.2 Å². The zero-order valence-corrected chi connectivity index (χ0v) is 12.8. The third-order valence-electron chi connectivity index (χ3n) is 2.77. The van der Waals surface area contributed by atoms with Gasteiger partial charge in [-0.2, -0.15) is 8.78 Å². The number of rotatable bonds is 5. The molecule has 0 radical (unpaired) electrons. The quantitative estimate of drug-likeness (QED) is 0.647. The molecule has 0 bridgehead atoms. The Kier molecular flexibility index (Phi) is 5.00. The van der Waals surface area contributed by atoms with Crippen molar-refractivity contribution in [2.75, 3.05) is 6.61 Å². The van der Waals surface area contributed by atoms with E-state index >= 15 is 0 Å². The predicted molar refractivity (Wildman–Crippen MR) is 79.9 cm³/mol. The Morgan fingerprint density at radius 1 is 1.10 bits per heavy atom. The van der Waals surface area contributed by atoms with Crippen LogP contribution in [0.2, 0.25) is 5.02 Å². The molecule has 2 aromatic rings. The van der Waals surface area contributed by atoms with Crippen LogP contribution >= 0.6 is 27.5 Å². The maximum absolute atomic E-state index is 14.0. The molecular weight excluding hydrogens is 350 g/mol. The average molecular weight is 362 g/mol. The van der Waals surface area contributed by atoms with Crippen molar-refractivity contribution in [2.24, 2.45) is 0 Å². The monoisotopic (exact) mass is 360 g/mol. The second kappa shape index (κ2) is 6.55. The lowest BCUT2D eigenvalue weighted by atomic mass is 10.1. The molecular formula is C15H12BrClF2O. The normalized spacial score (nSPS) is 11.4. The molecule has 0 amide bonds. The lowest BCUT2D eigenvalue weighted by molar-refractivity contribution is -0.0468. The number of hydrogen-bond acceptors (Lipinski definition) is 1. The fourth-order valence-electron chi connectivity index (χ4n) is 1.73. The van der Waals surface area contributed by atoms with Gasteiger partial charge in [0.05, 0.1) is 0 Å². The summed E-state index contributed by atoms with van der Waals surface area (Å²) >= 11 is 9.14. The molecule has 0 atom stereocenters. The molecule has 0 aromatic heterocycles. The maximum Gasteiger partial charge on any atom is 0.306 e. The third-order valence-corrected chi connectivity index (χ3v) is 3.61. The zero-order chi connectivity index (χ0) is 14.6. The van der Waals surface area contributed by atoms with Crippen LogP contribution in [0.3, 0.4) is 0 Å². The van der Waals surface area contributed by atoms with Crippen LogP contribution in [0.4, 0.5) is 8.78 Å². The predicted octanol–water partition coefficient (Wildman–Crippen LogP) is 5.41. The van der Waals surface area contributed by atoms with E-state index in [2.05, 4.69) is 15.9 Å². The number of ether oxygens (including phenoxy) is 1. The minimum atomic E-state index is -3.04. The van der Waals surface area contributed by atoms with Gasteiger partial charge >= 0.3 is 5.92 Å². The Labute approximate surface area is 129 Å². The highest BCUT2D eigenvalue weighted by atomic mass is 79.9. The Morgan fingerprint density at radius 3 is 2.45 bits per heavy atom. The van der Waals surface area contributed by atoms with E-state index in [0.29, 0.717) is 16.1 Å². The molecule has 0 fully saturated rings. The van der Waals surface area contributed by atoms with Crippen LogP contribution in [0.1, 0.15) is 11.1 Å². The van der Waals surface area contributed by atoms with Gasteiger partial charge in [-0.3, -0.25) is 0 Å². The highest BCUT2D eigenvalue weighted by Gasteiger charge is 2.32. The molecule has 0 aliphatic rings. The first-order valence-corrected chi connectivity index (χ1v) is 7.43. The van der Waals surface area contributed by atoms with Crippen LogP contribution in [0.25, 0.3) is 0 Å². The Bertz CT molecular complexity index is 575. The van der Waals surface area contributed by atoms with Gasteiger partial charge in [0, 0.05) is 21.5 Å². The van der Waals surface area contributed by atoms with Crippen LogP contribution in [0.5, 0.6) is 5.75 Å². The van der Waals surface area contributed by atoms with E-state index in [9.17, 15) is 8.78 Å². The van der Waals surface area contributed by atoms with E-state index in [0.717, 1.165) is 5.56 Å². The SMILES string of the molecule is FC(F)(COc1ccc(Cl)cc1CBr)c1ccccc1. The first-order chi connectivity index (χ1) is 9.53. The van der Waals surface area contributed by atoms with Gasteiger partial charge in [0.2, 0.25) is 0 Å². The molecule has 1 nitrogen and oxygen atoms in total. The zero-order valence-electron chi connectivity index (χ0n) is 10.5. The number of hydrogen-bond donors (Lipinski definition) is 0. The van der Waals surface area contributed by atoms with E-state index in [1.165, 1.54) is 12.1 Å². The summed E-state index contributed by atoms with van der Waals surface area (Å²) in [6.07, 6.45) is 0. The molecule has 0 unspecified atom stereocenters. The van der Waals surface area contributed by atoms with Gasteiger partial charge in [-0.15, -0.1) is 0 Å². The van der Waals surface area contributed by atoms with Crippen LogP contribution in [-0.2, 0) is 11.3 Å². The van der Waals surface area contributed by atoms with E-state index in [-0.39, 0.29) is 5.56 Å². The van der Waals surface area contributed by atoms with E-state index < -0.39 is 12.5 Å². The number of benzene rings is 2. The molecule has 20 heavy (non-hydrogen) atoms. The summed E-state index contributed by atoms with van der Waals surface area (Å²) in [5, 5.41) is 1.03. The lowest BCUT2D eigenvalue weighted by Gasteiger charge is -2.18. The van der Waals surface area contributed by atoms with Crippen LogP contribution in [0.15, 0.2) is 48.5 Å². The van der Waals surface area contributed by atoms with Crippen molar-refractivity contribution in [3.63, 3.8) is 0 Å². The molecule has 0 N–H and O–H groups in total. The average Bonchev–Trinajstić information content (AvgIpc) is 2.46. The van der Waals surface area contributed by atoms with Gasteiger partial charge in [0.15, 0.2) is 6.61 Å². The van der Waals surface area contributed by atoms with Crippen molar-refractivity contribution >= 4 is 27.5 Å². The molecule has 2 aromatic carbocycles. The van der Waals surface area contributed by atoms with Gasteiger partial charge in [-0.1, -0.05) is 57.9 Å². The fourth-order valence-corrected chi connectivity index (χ4v) is 2.36. The van der Waals surface area contributed by atoms with Crippen LogP contribution in [-0.4, -0.2) is 6.61 Å². The van der Waals surface area contributed by atoms with Crippen LogP contribution in [0, 0.1) is 0 Å². The van der Waals surface area contributed by atoms with Gasteiger partial charge in [-0.25, -0.2) is 0 Å². The van der Waals surface area contributed by atoms with Gasteiger partial charge in [0.1, 0.15) is 5.75 Å². The Hall–Kier alpha value is -1.13. The van der Waals surface area contributed by atoms with E-state index in [4.69, 9.17) is 16.3 Å². The molecule has 0 aliphatic heterocycles. The molecule has 5 heteroatoms. The Morgan fingerprint density at radius 2 is 1.80 bits per heavy atom. The van der Waals surface area contributed by atoms with E-state index in [1.807, 2.05) is 0 Å². The van der Waals surface area contributed by atoms with Gasteiger partial charge < -0.3 is 4.74 Å². The summed E-state index contributed by atoms with van der Waals surface area (Å²) in [7, 11) is 0. The molecule has 0 spiro atoms. The van der Waals surface area contributed by atoms with Crippen LogP contribution < -0.4 is 4.74 Å². The summed E-state index contributed by atoms with van der Waals surface area (Å²) in [5.41, 5.74) is 0.677. The second-order valence-electron chi connectivity index (χ2n) is 4.24. The summed E-state index contributed by atoms with van der Waals surface area (Å²) in [4.78, 5) is 0. The summed E-state index contributed by atoms with van der Waals surface area (Å²) in [5.74, 6) is -2.63. The number of halogens is 4. The highest BCUT2D eigenvalue weighted by molar-refractivity contribution is 9.08. The fraction of sp³-hybridized carbons (Fsp3) is 0.200. The maximum atomic E-state index is 14.0. The summed E-state index contributed by atoms with van der Waals surface area (Å²) < 4.78 is 33.3. The van der Waals surface area contributed by atoms with Crippen molar-refractivity contribution in [1.82, 2.24) is 0 Å². The molecule has 0 heterocycles. The minimum absolute atomic E-state index is 0.0608. The molecule has 2 rings (SSSR count).